The van der Waals surface area contributed by atoms with Crippen LogP contribution in [0.5, 0.6) is 5.75 Å². The Morgan fingerprint density at radius 2 is 2.40 bits per heavy atom. The Morgan fingerprint density at radius 3 is 3.00 bits per heavy atom. The van der Waals surface area contributed by atoms with Crippen LogP contribution < -0.4 is 4.74 Å². The summed E-state index contributed by atoms with van der Waals surface area (Å²) >= 11 is 1.70. The molecule has 0 aliphatic rings. The molecule has 0 amide bonds. The normalized spacial score (nSPS) is 10.9. The van der Waals surface area contributed by atoms with Gasteiger partial charge in [0.1, 0.15) is 6.61 Å². The molecule has 0 saturated carbocycles. The first-order valence-electron chi connectivity index (χ1n) is 4.95. The number of rotatable bonds is 4. The van der Waals surface area contributed by atoms with Crippen LogP contribution in [0.2, 0.25) is 0 Å². The molecule has 0 aliphatic heterocycles. The number of aromatic nitrogens is 2. The first kappa shape index (κ1) is 10.2. The van der Waals surface area contributed by atoms with Gasteiger partial charge in [0, 0.05) is 10.9 Å². The summed E-state index contributed by atoms with van der Waals surface area (Å²) in [5.74, 6) is 0.831. The van der Waals surface area contributed by atoms with Crippen LogP contribution in [0.15, 0.2) is 29.9 Å². The molecule has 2 aromatic heterocycles. The van der Waals surface area contributed by atoms with E-state index >= 15 is 0 Å². The van der Waals surface area contributed by atoms with E-state index in [1.54, 1.807) is 17.5 Å². The summed E-state index contributed by atoms with van der Waals surface area (Å²) in [6.45, 7) is 4.81. The van der Waals surface area contributed by atoms with E-state index in [2.05, 4.69) is 30.4 Å². The predicted octanol–water partition coefficient (Wildman–Crippen LogP) is 3.10. The summed E-state index contributed by atoms with van der Waals surface area (Å²) < 4.78 is 7.50. The van der Waals surface area contributed by atoms with Gasteiger partial charge in [-0.3, -0.25) is 4.68 Å². The van der Waals surface area contributed by atoms with Crippen LogP contribution in [-0.2, 0) is 6.61 Å². The minimum Gasteiger partial charge on any atom is -0.485 e. The lowest BCUT2D eigenvalue weighted by Gasteiger charge is -2.03. The van der Waals surface area contributed by atoms with Crippen LogP contribution in [0.3, 0.4) is 0 Å². The molecule has 80 valence electrons. The maximum absolute atomic E-state index is 5.61. The van der Waals surface area contributed by atoms with E-state index in [1.165, 1.54) is 4.88 Å². The van der Waals surface area contributed by atoms with E-state index in [4.69, 9.17) is 4.74 Å². The van der Waals surface area contributed by atoms with Gasteiger partial charge in [-0.2, -0.15) is 5.10 Å². The zero-order valence-electron chi connectivity index (χ0n) is 8.88. The Labute approximate surface area is 93.3 Å². The van der Waals surface area contributed by atoms with Gasteiger partial charge in [0.2, 0.25) is 0 Å². The number of nitrogens with zero attached hydrogens (tertiary/aromatic N) is 2. The summed E-state index contributed by atoms with van der Waals surface area (Å²) in [5, 5.41) is 6.26. The fourth-order valence-corrected chi connectivity index (χ4v) is 1.84. The molecule has 0 saturated heterocycles. The van der Waals surface area contributed by atoms with Crippen molar-refractivity contribution in [2.24, 2.45) is 0 Å². The third-order valence-electron chi connectivity index (χ3n) is 2.07. The minimum absolute atomic E-state index is 0.379. The van der Waals surface area contributed by atoms with Crippen molar-refractivity contribution in [1.82, 2.24) is 9.78 Å². The molecule has 2 aromatic rings. The second-order valence-corrected chi connectivity index (χ2v) is 4.65. The summed E-state index contributed by atoms with van der Waals surface area (Å²) in [4.78, 5) is 1.23. The average Bonchev–Trinajstić information content (AvgIpc) is 2.86. The largest absolute Gasteiger partial charge is 0.485 e. The number of thiophene rings is 1. The zero-order chi connectivity index (χ0) is 10.7. The molecule has 0 fully saturated rings. The highest BCUT2D eigenvalue weighted by Gasteiger charge is 2.02. The third kappa shape index (κ3) is 2.59. The Balaban J connectivity index is 1.94. The lowest BCUT2D eigenvalue weighted by atomic mass is 10.4. The standard InChI is InChI=1S/C11H14N2OS/c1-9(2)13-7-10(6-12-13)14-8-11-4-3-5-15-11/h3-7,9H,8H2,1-2H3. The highest BCUT2D eigenvalue weighted by molar-refractivity contribution is 7.09. The van der Waals surface area contributed by atoms with Crippen LogP contribution in [0.1, 0.15) is 24.8 Å². The number of hydrogen-bond acceptors (Lipinski definition) is 3. The maximum atomic E-state index is 5.61. The highest BCUT2D eigenvalue weighted by Crippen LogP contribution is 2.16. The number of ether oxygens (including phenoxy) is 1. The first-order valence-corrected chi connectivity index (χ1v) is 5.83. The van der Waals surface area contributed by atoms with Crippen molar-refractivity contribution >= 4 is 11.3 Å². The predicted molar refractivity (Wildman–Crippen MR) is 61.3 cm³/mol. The van der Waals surface area contributed by atoms with Crippen molar-refractivity contribution in [3.8, 4) is 5.75 Å². The molecule has 2 heterocycles. The van der Waals surface area contributed by atoms with Gasteiger partial charge in [0.05, 0.1) is 12.4 Å². The van der Waals surface area contributed by atoms with Gasteiger partial charge in [-0.15, -0.1) is 11.3 Å². The molecule has 0 unspecified atom stereocenters. The van der Waals surface area contributed by atoms with Crippen molar-refractivity contribution in [3.05, 3.63) is 34.8 Å². The molecule has 0 radical (unpaired) electrons. The van der Waals surface area contributed by atoms with Gasteiger partial charge in [0.25, 0.3) is 0 Å². The Bertz CT molecular complexity index is 406. The van der Waals surface area contributed by atoms with Gasteiger partial charge in [-0.05, 0) is 25.3 Å². The van der Waals surface area contributed by atoms with Crippen LogP contribution >= 0.6 is 11.3 Å². The molecule has 0 spiro atoms. The molecule has 0 N–H and O–H groups in total. The van der Waals surface area contributed by atoms with Crippen molar-refractivity contribution in [1.29, 1.82) is 0 Å². The van der Waals surface area contributed by atoms with Gasteiger partial charge in [-0.25, -0.2) is 0 Å². The zero-order valence-corrected chi connectivity index (χ0v) is 9.70. The molecule has 3 nitrogen and oxygen atoms in total. The van der Waals surface area contributed by atoms with Gasteiger partial charge >= 0.3 is 0 Å². The van der Waals surface area contributed by atoms with E-state index in [-0.39, 0.29) is 0 Å². The molecule has 4 heteroatoms. The molecule has 0 aliphatic carbocycles. The summed E-state index contributed by atoms with van der Waals surface area (Å²) in [6.07, 6.45) is 3.69. The van der Waals surface area contributed by atoms with Crippen LogP contribution in [0, 0.1) is 0 Å². The lowest BCUT2D eigenvalue weighted by Crippen LogP contribution is -1.99. The lowest BCUT2D eigenvalue weighted by molar-refractivity contribution is 0.309. The average molecular weight is 222 g/mol. The quantitative estimate of drug-likeness (QED) is 0.794. The molecule has 0 atom stereocenters. The van der Waals surface area contributed by atoms with Crippen molar-refractivity contribution in [2.45, 2.75) is 26.5 Å². The van der Waals surface area contributed by atoms with Crippen molar-refractivity contribution in [2.75, 3.05) is 0 Å². The van der Waals surface area contributed by atoms with Gasteiger partial charge < -0.3 is 4.74 Å². The van der Waals surface area contributed by atoms with Crippen LogP contribution in [0.25, 0.3) is 0 Å². The van der Waals surface area contributed by atoms with E-state index in [1.807, 2.05) is 16.9 Å². The van der Waals surface area contributed by atoms with Crippen LogP contribution in [0.4, 0.5) is 0 Å². The van der Waals surface area contributed by atoms with Crippen molar-refractivity contribution in [3.63, 3.8) is 0 Å². The Morgan fingerprint density at radius 1 is 1.53 bits per heavy atom. The highest BCUT2D eigenvalue weighted by atomic mass is 32.1. The smallest absolute Gasteiger partial charge is 0.157 e. The second-order valence-electron chi connectivity index (χ2n) is 3.62. The molecule has 15 heavy (non-hydrogen) atoms. The van der Waals surface area contributed by atoms with Crippen molar-refractivity contribution < 1.29 is 4.74 Å². The fourth-order valence-electron chi connectivity index (χ4n) is 1.23. The molecule has 0 aromatic carbocycles. The van der Waals surface area contributed by atoms with Gasteiger partial charge in [-0.1, -0.05) is 6.07 Å². The molecular formula is C11H14N2OS. The van der Waals surface area contributed by atoms with E-state index in [0.717, 1.165) is 5.75 Å². The minimum atomic E-state index is 0.379. The van der Waals surface area contributed by atoms with Gasteiger partial charge in [0.15, 0.2) is 5.75 Å². The number of hydrogen-bond donors (Lipinski definition) is 0. The summed E-state index contributed by atoms with van der Waals surface area (Å²) in [6, 6.07) is 4.47. The van der Waals surface area contributed by atoms with E-state index in [9.17, 15) is 0 Å². The van der Waals surface area contributed by atoms with E-state index in [0.29, 0.717) is 12.6 Å². The Hall–Kier alpha value is -1.29. The summed E-state index contributed by atoms with van der Waals surface area (Å²) in [7, 11) is 0. The Kier molecular flexibility index (Phi) is 3.06. The van der Waals surface area contributed by atoms with Crippen LogP contribution in [-0.4, -0.2) is 9.78 Å². The third-order valence-corrected chi connectivity index (χ3v) is 2.92. The molecule has 2 rings (SSSR count). The van der Waals surface area contributed by atoms with E-state index < -0.39 is 0 Å². The fraction of sp³-hybridized carbons (Fsp3) is 0.364. The SMILES string of the molecule is CC(C)n1cc(OCc2cccs2)cn1. The molecular weight excluding hydrogens is 208 g/mol. The topological polar surface area (TPSA) is 27.1 Å². The monoisotopic (exact) mass is 222 g/mol. The molecule has 0 bridgehead atoms. The second kappa shape index (κ2) is 4.49. The summed E-state index contributed by atoms with van der Waals surface area (Å²) in [5.41, 5.74) is 0. The maximum Gasteiger partial charge on any atom is 0.157 e. The first-order chi connectivity index (χ1) is 7.25.